The molecule has 0 fully saturated rings. The minimum absolute atomic E-state index is 0.144. The second-order valence-electron chi connectivity index (χ2n) is 3.34. The van der Waals surface area contributed by atoms with E-state index in [2.05, 4.69) is 4.98 Å². The first-order valence-electron chi connectivity index (χ1n) is 4.88. The van der Waals surface area contributed by atoms with Gasteiger partial charge in [-0.05, 0) is 12.1 Å². The molecule has 0 saturated heterocycles. The van der Waals surface area contributed by atoms with Crippen LogP contribution in [0.25, 0.3) is 0 Å². The van der Waals surface area contributed by atoms with Crippen molar-refractivity contribution in [1.82, 2.24) is 4.98 Å². The summed E-state index contributed by atoms with van der Waals surface area (Å²) in [4.78, 5) is 14.1. The van der Waals surface area contributed by atoms with E-state index in [1.165, 1.54) is 12.1 Å². The van der Waals surface area contributed by atoms with Crippen LogP contribution in [0, 0.1) is 0 Å². The Bertz CT molecular complexity index is 598. The Balaban J connectivity index is 2.30. The van der Waals surface area contributed by atoms with Gasteiger partial charge >= 0.3 is 12.1 Å². The lowest BCUT2D eigenvalue weighted by molar-refractivity contribution is -0.141. The van der Waals surface area contributed by atoms with E-state index in [1.54, 1.807) is 18.2 Å². The molecule has 1 aromatic heterocycles. The van der Waals surface area contributed by atoms with E-state index in [-0.39, 0.29) is 10.2 Å². The maximum absolute atomic E-state index is 12.6. The molecule has 0 aliphatic rings. The van der Waals surface area contributed by atoms with Crippen molar-refractivity contribution >= 4 is 28.9 Å². The monoisotopic (exact) mass is 307 g/mol. The van der Waals surface area contributed by atoms with Crippen LogP contribution >= 0.6 is 22.9 Å². The molecule has 19 heavy (non-hydrogen) atoms. The van der Waals surface area contributed by atoms with E-state index in [9.17, 15) is 18.0 Å². The molecular weight excluding hydrogens is 303 g/mol. The molecule has 100 valence electrons. The average Bonchev–Trinajstić information content (AvgIpc) is 2.72. The number of carbonyl (C=O) groups excluding carboxylic acids is 1. The van der Waals surface area contributed by atoms with Gasteiger partial charge < -0.3 is 4.74 Å². The number of ether oxygens (including phenoxy) is 1. The predicted molar refractivity (Wildman–Crippen MR) is 63.5 cm³/mol. The first-order valence-corrected chi connectivity index (χ1v) is 6.08. The summed E-state index contributed by atoms with van der Waals surface area (Å²) < 4.78 is 42.4. The predicted octanol–water partition coefficient (Wildman–Crippen LogP) is 4.03. The number of thiazole rings is 1. The number of rotatable bonds is 2. The summed E-state index contributed by atoms with van der Waals surface area (Å²) in [5, 5.41) is 0. The van der Waals surface area contributed by atoms with Gasteiger partial charge in [-0.25, -0.2) is 9.78 Å². The maximum atomic E-state index is 12.6. The number of alkyl halides is 3. The Morgan fingerprint density at radius 2 is 1.89 bits per heavy atom. The summed E-state index contributed by atoms with van der Waals surface area (Å²) in [7, 11) is 0. The van der Waals surface area contributed by atoms with Crippen molar-refractivity contribution in [2.45, 2.75) is 6.18 Å². The number of hydrogen-bond donors (Lipinski definition) is 0. The third kappa shape index (κ3) is 3.24. The molecule has 2 aromatic rings. The summed E-state index contributed by atoms with van der Waals surface area (Å²) >= 11 is 5.85. The van der Waals surface area contributed by atoms with Crippen LogP contribution < -0.4 is 4.74 Å². The summed E-state index contributed by atoms with van der Waals surface area (Å²) in [6.45, 7) is 0. The fraction of sp³-hybridized carbons (Fsp3) is 0.0909. The largest absolute Gasteiger partial charge is 0.435 e. The molecule has 1 heterocycles. The normalized spacial score (nSPS) is 11.4. The first kappa shape index (κ1) is 13.8. The molecule has 8 heteroatoms. The topological polar surface area (TPSA) is 39.2 Å². The SMILES string of the molecule is O=C(Oc1ccccc1)c1sc(Cl)nc1C(F)(F)F. The van der Waals surface area contributed by atoms with E-state index in [0.717, 1.165) is 0 Å². The van der Waals surface area contributed by atoms with Crippen LogP contribution in [0.4, 0.5) is 13.2 Å². The molecule has 3 nitrogen and oxygen atoms in total. The number of benzene rings is 1. The average molecular weight is 308 g/mol. The van der Waals surface area contributed by atoms with Gasteiger partial charge in [-0.15, -0.1) is 0 Å². The van der Waals surface area contributed by atoms with Crippen LogP contribution in [0.1, 0.15) is 15.4 Å². The van der Waals surface area contributed by atoms with Gasteiger partial charge in [0.1, 0.15) is 10.6 Å². The lowest BCUT2D eigenvalue weighted by atomic mass is 10.3. The molecule has 0 bridgehead atoms. The van der Waals surface area contributed by atoms with Gasteiger partial charge in [0.05, 0.1) is 0 Å². The Hall–Kier alpha value is -1.60. The minimum Gasteiger partial charge on any atom is -0.422 e. The zero-order valence-corrected chi connectivity index (χ0v) is 10.6. The molecule has 0 saturated carbocycles. The molecule has 0 aliphatic carbocycles. The van der Waals surface area contributed by atoms with Gasteiger partial charge in [-0.2, -0.15) is 13.2 Å². The van der Waals surface area contributed by atoms with Crippen LogP contribution in [0.3, 0.4) is 0 Å². The fourth-order valence-corrected chi connectivity index (χ4v) is 2.27. The molecule has 0 aliphatic heterocycles. The second-order valence-corrected chi connectivity index (χ2v) is 4.93. The van der Waals surface area contributed by atoms with Crippen LogP contribution in [-0.2, 0) is 6.18 Å². The van der Waals surface area contributed by atoms with E-state index in [1.807, 2.05) is 0 Å². The molecule has 1 aromatic carbocycles. The zero-order valence-electron chi connectivity index (χ0n) is 9.07. The quantitative estimate of drug-likeness (QED) is 0.621. The van der Waals surface area contributed by atoms with Crippen molar-refractivity contribution in [1.29, 1.82) is 0 Å². The van der Waals surface area contributed by atoms with Crippen LogP contribution in [0.5, 0.6) is 5.75 Å². The highest BCUT2D eigenvalue weighted by atomic mass is 35.5. The third-order valence-corrected chi connectivity index (χ3v) is 3.15. The maximum Gasteiger partial charge on any atom is 0.435 e. The van der Waals surface area contributed by atoms with E-state index >= 15 is 0 Å². The van der Waals surface area contributed by atoms with Crippen molar-refractivity contribution < 1.29 is 22.7 Å². The number of esters is 1. The summed E-state index contributed by atoms with van der Waals surface area (Å²) in [6.07, 6.45) is -4.76. The van der Waals surface area contributed by atoms with E-state index in [0.29, 0.717) is 11.3 Å². The van der Waals surface area contributed by atoms with E-state index in [4.69, 9.17) is 16.3 Å². The van der Waals surface area contributed by atoms with Gasteiger partial charge in [-0.3, -0.25) is 0 Å². The molecule has 0 N–H and O–H groups in total. The highest BCUT2D eigenvalue weighted by Gasteiger charge is 2.40. The standard InChI is InChI=1S/C11H5ClF3NO2S/c12-10-16-8(11(13,14)15)7(19-10)9(17)18-6-4-2-1-3-5-6/h1-5H. The number of halogens is 4. The highest BCUT2D eigenvalue weighted by molar-refractivity contribution is 7.17. The number of aromatic nitrogens is 1. The molecule has 0 spiro atoms. The summed E-state index contributed by atoms with van der Waals surface area (Å²) in [6, 6.07) is 7.77. The second kappa shape index (κ2) is 5.18. The first-order chi connectivity index (χ1) is 8.88. The molecule has 0 amide bonds. The minimum atomic E-state index is -4.76. The lowest BCUT2D eigenvalue weighted by Crippen LogP contribution is -2.15. The van der Waals surface area contributed by atoms with Crippen molar-refractivity contribution in [2.75, 3.05) is 0 Å². The van der Waals surface area contributed by atoms with Crippen molar-refractivity contribution in [3.8, 4) is 5.75 Å². The highest BCUT2D eigenvalue weighted by Crippen LogP contribution is 2.36. The lowest BCUT2D eigenvalue weighted by Gasteiger charge is -2.06. The smallest absolute Gasteiger partial charge is 0.422 e. The summed E-state index contributed by atoms with van der Waals surface area (Å²) in [5.74, 6) is -0.993. The number of carbonyl (C=O) groups is 1. The van der Waals surface area contributed by atoms with Gasteiger partial charge in [0.15, 0.2) is 10.2 Å². The molecule has 0 atom stereocenters. The van der Waals surface area contributed by atoms with Gasteiger partial charge in [0, 0.05) is 0 Å². The van der Waals surface area contributed by atoms with Crippen LogP contribution in [0.15, 0.2) is 30.3 Å². The summed E-state index contributed by atoms with van der Waals surface area (Å²) in [5.41, 5.74) is -1.33. The third-order valence-electron chi connectivity index (χ3n) is 2.01. The van der Waals surface area contributed by atoms with Crippen molar-refractivity contribution in [3.05, 3.63) is 45.4 Å². The number of hydrogen-bond acceptors (Lipinski definition) is 4. The van der Waals surface area contributed by atoms with E-state index < -0.39 is 22.7 Å². The molecular formula is C11H5ClF3NO2S. The Morgan fingerprint density at radius 3 is 2.47 bits per heavy atom. The Labute approximate surface area is 114 Å². The molecule has 0 unspecified atom stereocenters. The number of para-hydroxylation sites is 1. The van der Waals surface area contributed by atoms with Crippen molar-refractivity contribution in [3.63, 3.8) is 0 Å². The number of nitrogens with zero attached hydrogens (tertiary/aromatic N) is 1. The van der Waals surface area contributed by atoms with Gasteiger partial charge in [0.25, 0.3) is 0 Å². The fourth-order valence-electron chi connectivity index (χ4n) is 1.27. The zero-order chi connectivity index (χ0) is 14.0. The Kier molecular flexibility index (Phi) is 3.77. The molecule has 0 radical (unpaired) electrons. The van der Waals surface area contributed by atoms with Crippen LogP contribution in [-0.4, -0.2) is 11.0 Å². The Morgan fingerprint density at radius 1 is 1.26 bits per heavy atom. The van der Waals surface area contributed by atoms with Crippen molar-refractivity contribution in [2.24, 2.45) is 0 Å². The van der Waals surface area contributed by atoms with Gasteiger partial charge in [0.2, 0.25) is 0 Å². The van der Waals surface area contributed by atoms with Gasteiger partial charge in [-0.1, -0.05) is 41.1 Å². The molecule has 2 rings (SSSR count). The van der Waals surface area contributed by atoms with Crippen LogP contribution in [0.2, 0.25) is 4.47 Å².